The van der Waals surface area contributed by atoms with Crippen LogP contribution in [0.25, 0.3) is 10.2 Å². The Bertz CT molecular complexity index is 1520. The molecular weight excluding hydrogens is 548 g/mol. The molecule has 1 atom stereocenters. The summed E-state index contributed by atoms with van der Waals surface area (Å²) in [5.74, 6) is -0.311. The normalized spacial score (nSPS) is 16.9. The van der Waals surface area contributed by atoms with Gasteiger partial charge >= 0.3 is 0 Å². The molecular formula is C26H27ClN4O3S3. The number of nitrogens with zero attached hydrogens (tertiary/aromatic N) is 4. The minimum atomic E-state index is -3.72. The number of thiazole rings is 1. The van der Waals surface area contributed by atoms with Crippen LogP contribution in [0.3, 0.4) is 0 Å². The smallest absolute Gasteiger partial charge is 0.252 e. The molecule has 4 heterocycles. The van der Waals surface area contributed by atoms with Crippen molar-refractivity contribution in [1.29, 1.82) is 0 Å². The number of para-hydroxylation sites is 1. The molecule has 1 saturated heterocycles. The average Bonchev–Trinajstić information content (AvgIpc) is 3.54. The number of carbonyl (C=O) groups excluding carboxylic acids is 1. The van der Waals surface area contributed by atoms with Crippen LogP contribution < -0.4 is 4.90 Å². The van der Waals surface area contributed by atoms with Crippen LogP contribution in [0.15, 0.2) is 59.1 Å². The lowest BCUT2D eigenvalue weighted by Crippen LogP contribution is -2.46. The quantitative estimate of drug-likeness (QED) is 0.264. The lowest BCUT2D eigenvalue weighted by atomic mass is 9.98. The molecule has 0 bridgehead atoms. The SMILES string of the molecule is CC(C)c1cccc2sc(N(Cc3cccnc3)C(=O)C3CCCN(S(=O)(=O)c4ccc(Cl)s4)C3)nc12. The van der Waals surface area contributed by atoms with Crippen molar-refractivity contribution < 1.29 is 13.2 Å². The van der Waals surface area contributed by atoms with Gasteiger partial charge in [0.25, 0.3) is 10.0 Å². The van der Waals surface area contributed by atoms with E-state index in [0.717, 1.165) is 32.7 Å². The van der Waals surface area contributed by atoms with Crippen LogP contribution in [-0.4, -0.2) is 41.7 Å². The van der Waals surface area contributed by atoms with Gasteiger partial charge in [-0.05, 0) is 54.2 Å². The predicted octanol–water partition coefficient (Wildman–Crippen LogP) is 6.16. The molecule has 1 aliphatic rings. The summed E-state index contributed by atoms with van der Waals surface area (Å²) in [6, 6.07) is 13.0. The second-order valence-electron chi connectivity index (χ2n) is 9.39. The fourth-order valence-electron chi connectivity index (χ4n) is 4.60. The average molecular weight is 575 g/mol. The summed E-state index contributed by atoms with van der Waals surface area (Å²) in [5, 5.41) is 0.613. The number of pyridine rings is 1. The maximum absolute atomic E-state index is 14.0. The van der Waals surface area contributed by atoms with Crippen LogP contribution >= 0.6 is 34.3 Å². The lowest BCUT2D eigenvalue weighted by molar-refractivity contribution is -0.123. The van der Waals surface area contributed by atoms with Gasteiger partial charge in [-0.25, -0.2) is 13.4 Å². The standard InChI is InChI=1S/C26H27ClN4O3S3/c1-17(2)20-8-3-9-21-24(20)29-26(35-21)31(15-18-6-4-12-28-14-18)25(32)19-7-5-13-30(16-19)37(33,34)23-11-10-22(27)36-23/h3-4,6,8-12,14,17,19H,5,7,13,15-16H2,1-2H3. The molecule has 0 aliphatic carbocycles. The van der Waals surface area contributed by atoms with Crippen molar-refractivity contribution in [3.8, 4) is 0 Å². The zero-order valence-corrected chi connectivity index (χ0v) is 23.7. The second kappa shape index (κ2) is 10.8. The number of hydrogen-bond donors (Lipinski definition) is 0. The molecule has 1 aromatic carbocycles. The number of benzene rings is 1. The molecule has 0 N–H and O–H groups in total. The Morgan fingerprint density at radius 3 is 2.73 bits per heavy atom. The topological polar surface area (TPSA) is 83.5 Å². The minimum Gasteiger partial charge on any atom is -0.283 e. The summed E-state index contributed by atoms with van der Waals surface area (Å²) in [4.78, 5) is 24.9. The molecule has 0 radical (unpaired) electrons. The molecule has 1 aliphatic heterocycles. The van der Waals surface area contributed by atoms with E-state index >= 15 is 0 Å². The Labute approximate surface area is 229 Å². The van der Waals surface area contributed by atoms with E-state index in [1.54, 1.807) is 23.4 Å². The van der Waals surface area contributed by atoms with Gasteiger partial charge in [0.05, 0.1) is 27.0 Å². The molecule has 0 saturated carbocycles. The molecule has 7 nitrogen and oxygen atoms in total. The van der Waals surface area contributed by atoms with Crippen molar-refractivity contribution in [1.82, 2.24) is 14.3 Å². The van der Waals surface area contributed by atoms with E-state index in [1.165, 1.54) is 21.7 Å². The molecule has 3 aromatic heterocycles. The lowest BCUT2D eigenvalue weighted by Gasteiger charge is -2.33. The van der Waals surface area contributed by atoms with Crippen LogP contribution in [0, 0.1) is 5.92 Å². The molecule has 1 unspecified atom stereocenters. The first-order chi connectivity index (χ1) is 17.7. The first-order valence-electron chi connectivity index (χ1n) is 12.1. The third-order valence-electron chi connectivity index (χ3n) is 6.50. The Morgan fingerprint density at radius 1 is 1.19 bits per heavy atom. The molecule has 1 amide bonds. The molecule has 4 aromatic rings. The number of thiophene rings is 1. The third-order valence-corrected chi connectivity index (χ3v) is 11.1. The molecule has 5 rings (SSSR count). The number of fused-ring (bicyclic) bond motifs is 1. The highest BCUT2D eigenvalue weighted by atomic mass is 35.5. The first-order valence-corrected chi connectivity index (χ1v) is 15.5. The number of hydrogen-bond acceptors (Lipinski definition) is 7. The highest BCUT2D eigenvalue weighted by Crippen LogP contribution is 2.36. The van der Waals surface area contributed by atoms with E-state index in [4.69, 9.17) is 16.6 Å². The van der Waals surface area contributed by atoms with E-state index in [-0.39, 0.29) is 16.7 Å². The summed E-state index contributed by atoms with van der Waals surface area (Å²) in [6.07, 6.45) is 4.66. The van der Waals surface area contributed by atoms with Gasteiger partial charge in [0, 0.05) is 25.5 Å². The van der Waals surface area contributed by atoms with E-state index in [9.17, 15) is 13.2 Å². The summed E-state index contributed by atoms with van der Waals surface area (Å²) in [6.45, 7) is 5.08. The molecule has 1 fully saturated rings. The van der Waals surface area contributed by atoms with Crippen molar-refractivity contribution in [2.24, 2.45) is 5.92 Å². The van der Waals surface area contributed by atoms with Gasteiger partial charge in [-0.2, -0.15) is 4.31 Å². The summed E-state index contributed by atoms with van der Waals surface area (Å²) in [7, 11) is -3.72. The minimum absolute atomic E-state index is 0.127. The highest BCUT2D eigenvalue weighted by molar-refractivity contribution is 7.91. The fraction of sp³-hybridized carbons (Fsp3) is 0.346. The Morgan fingerprint density at radius 2 is 2.03 bits per heavy atom. The van der Waals surface area contributed by atoms with Crippen molar-refractivity contribution in [2.45, 2.75) is 43.4 Å². The van der Waals surface area contributed by atoms with Crippen molar-refractivity contribution in [3.05, 3.63) is 70.3 Å². The zero-order valence-electron chi connectivity index (χ0n) is 20.5. The number of piperidine rings is 1. The monoisotopic (exact) mass is 574 g/mol. The van der Waals surface area contributed by atoms with E-state index in [1.807, 2.05) is 24.3 Å². The van der Waals surface area contributed by atoms with E-state index in [0.29, 0.717) is 41.3 Å². The number of sulfonamides is 1. The van der Waals surface area contributed by atoms with E-state index < -0.39 is 15.9 Å². The van der Waals surface area contributed by atoms with Crippen LogP contribution in [-0.2, 0) is 21.4 Å². The van der Waals surface area contributed by atoms with E-state index in [2.05, 4.69) is 24.9 Å². The molecule has 194 valence electrons. The number of carbonyl (C=O) groups is 1. The summed E-state index contributed by atoms with van der Waals surface area (Å²) in [5.41, 5.74) is 2.93. The maximum Gasteiger partial charge on any atom is 0.252 e. The van der Waals surface area contributed by atoms with Gasteiger partial charge in [-0.15, -0.1) is 11.3 Å². The molecule has 11 heteroatoms. The van der Waals surface area contributed by atoms with Crippen LogP contribution in [0.1, 0.15) is 43.7 Å². The van der Waals surface area contributed by atoms with Crippen LogP contribution in [0.4, 0.5) is 5.13 Å². The summed E-state index contributed by atoms with van der Waals surface area (Å²) >= 11 is 8.52. The number of rotatable bonds is 7. The van der Waals surface area contributed by atoms with Gasteiger partial charge in [0.2, 0.25) is 5.91 Å². The van der Waals surface area contributed by atoms with Crippen molar-refractivity contribution in [2.75, 3.05) is 18.0 Å². The molecule has 37 heavy (non-hydrogen) atoms. The first kappa shape index (κ1) is 26.2. The predicted molar refractivity (Wildman–Crippen MR) is 150 cm³/mol. The maximum atomic E-state index is 14.0. The van der Waals surface area contributed by atoms with Gasteiger partial charge in [0.15, 0.2) is 5.13 Å². The van der Waals surface area contributed by atoms with Gasteiger partial charge in [-0.3, -0.25) is 14.7 Å². The summed E-state index contributed by atoms with van der Waals surface area (Å²) < 4.78 is 29.6. The van der Waals surface area contributed by atoms with Crippen LogP contribution in [0.2, 0.25) is 4.34 Å². The molecule has 0 spiro atoms. The zero-order chi connectivity index (χ0) is 26.2. The number of amides is 1. The van der Waals surface area contributed by atoms with Crippen molar-refractivity contribution >= 4 is 65.6 Å². The Hall–Kier alpha value is -2.37. The van der Waals surface area contributed by atoms with Crippen molar-refractivity contribution in [3.63, 3.8) is 0 Å². The highest BCUT2D eigenvalue weighted by Gasteiger charge is 2.37. The fourth-order valence-corrected chi connectivity index (χ4v) is 8.77. The number of aromatic nitrogens is 2. The van der Waals surface area contributed by atoms with Gasteiger partial charge < -0.3 is 0 Å². The second-order valence-corrected chi connectivity index (χ2v) is 14.3. The Balaban J connectivity index is 1.48. The Kier molecular flexibility index (Phi) is 7.65. The number of halogens is 1. The largest absolute Gasteiger partial charge is 0.283 e. The number of anilines is 1. The van der Waals surface area contributed by atoms with Gasteiger partial charge in [0.1, 0.15) is 4.21 Å². The van der Waals surface area contributed by atoms with Gasteiger partial charge in [-0.1, -0.05) is 55.0 Å². The van der Waals surface area contributed by atoms with Crippen LogP contribution in [0.5, 0.6) is 0 Å². The third kappa shape index (κ3) is 5.44.